The number of para-hydroxylation sites is 1. The van der Waals surface area contributed by atoms with Gasteiger partial charge in [-0.05, 0) is 55.5 Å². The minimum absolute atomic E-state index is 0.0564. The minimum atomic E-state index is -0.279. The van der Waals surface area contributed by atoms with Gasteiger partial charge in [0.2, 0.25) is 5.91 Å². The molecule has 3 rings (SSSR count). The van der Waals surface area contributed by atoms with E-state index in [0.717, 1.165) is 17.7 Å². The molecule has 0 bridgehead atoms. The number of rotatable bonds is 2. The fourth-order valence-electron chi connectivity index (χ4n) is 3.71. The number of halogens is 1. The second-order valence-electron chi connectivity index (χ2n) is 7.01. The van der Waals surface area contributed by atoms with Gasteiger partial charge in [0.15, 0.2) is 0 Å². The van der Waals surface area contributed by atoms with Crippen LogP contribution >= 0.6 is 0 Å². The number of benzene rings is 2. The average molecular weight is 311 g/mol. The lowest BCUT2D eigenvalue weighted by molar-refractivity contribution is -0.119. The molecule has 1 atom stereocenters. The third kappa shape index (κ3) is 3.00. The van der Waals surface area contributed by atoms with Crippen molar-refractivity contribution in [3.05, 3.63) is 65.5 Å². The highest BCUT2D eigenvalue weighted by Crippen LogP contribution is 2.43. The molecule has 0 N–H and O–H groups in total. The lowest BCUT2D eigenvalue weighted by Crippen LogP contribution is -2.52. The molecular weight excluding hydrogens is 289 g/mol. The summed E-state index contributed by atoms with van der Waals surface area (Å²) in [5.41, 5.74) is 2.83. The molecule has 1 aliphatic heterocycles. The molecule has 0 saturated heterocycles. The summed E-state index contributed by atoms with van der Waals surface area (Å²) < 4.78 is 13.0. The summed E-state index contributed by atoms with van der Waals surface area (Å²) in [5.74, 6) is 0.204. The maximum Gasteiger partial charge on any atom is 0.231 e. The van der Waals surface area contributed by atoms with Crippen LogP contribution in [-0.4, -0.2) is 11.4 Å². The van der Waals surface area contributed by atoms with E-state index in [1.165, 1.54) is 17.7 Å². The monoisotopic (exact) mass is 311 g/mol. The van der Waals surface area contributed by atoms with Gasteiger partial charge >= 0.3 is 0 Å². The highest BCUT2D eigenvalue weighted by atomic mass is 19.1. The highest BCUT2D eigenvalue weighted by molar-refractivity contribution is 5.97. The zero-order chi connectivity index (χ0) is 16.6. The molecule has 0 aliphatic carbocycles. The van der Waals surface area contributed by atoms with Gasteiger partial charge in [0.25, 0.3) is 0 Å². The fourth-order valence-corrected chi connectivity index (χ4v) is 3.71. The Labute approximate surface area is 136 Å². The number of amides is 1. The number of hydrogen-bond donors (Lipinski definition) is 0. The van der Waals surface area contributed by atoms with Crippen LogP contribution in [0.15, 0.2) is 48.5 Å². The van der Waals surface area contributed by atoms with Gasteiger partial charge in [0, 0.05) is 11.2 Å². The number of hydrogen-bond acceptors (Lipinski definition) is 1. The van der Waals surface area contributed by atoms with E-state index >= 15 is 0 Å². The van der Waals surface area contributed by atoms with Crippen LogP contribution in [0, 0.1) is 5.82 Å². The quantitative estimate of drug-likeness (QED) is 0.788. The first-order chi connectivity index (χ1) is 10.9. The van der Waals surface area contributed by atoms with E-state index in [-0.39, 0.29) is 23.7 Å². The van der Waals surface area contributed by atoms with Crippen molar-refractivity contribution in [3.8, 4) is 0 Å². The van der Waals surface area contributed by atoms with Crippen molar-refractivity contribution in [2.45, 2.75) is 45.1 Å². The van der Waals surface area contributed by atoms with Gasteiger partial charge < -0.3 is 4.90 Å². The SMILES string of the molecule is CC1CC(C)(C)N(C(=O)Cc2ccc(F)cc2)c2ccccc21. The lowest BCUT2D eigenvalue weighted by Gasteiger charge is -2.46. The van der Waals surface area contributed by atoms with E-state index in [2.05, 4.69) is 26.8 Å². The van der Waals surface area contributed by atoms with E-state index in [9.17, 15) is 9.18 Å². The van der Waals surface area contributed by atoms with E-state index in [1.54, 1.807) is 12.1 Å². The predicted molar refractivity (Wildman–Crippen MR) is 91.1 cm³/mol. The zero-order valence-electron chi connectivity index (χ0n) is 13.8. The van der Waals surface area contributed by atoms with Crippen LogP contribution in [-0.2, 0) is 11.2 Å². The molecule has 2 nitrogen and oxygen atoms in total. The smallest absolute Gasteiger partial charge is 0.231 e. The zero-order valence-corrected chi connectivity index (χ0v) is 13.8. The van der Waals surface area contributed by atoms with Crippen molar-refractivity contribution in [2.24, 2.45) is 0 Å². The molecule has 120 valence electrons. The van der Waals surface area contributed by atoms with E-state index in [1.807, 2.05) is 23.1 Å². The standard InChI is InChI=1S/C20H22FNO/c1-14-13-20(2,3)22(18-7-5-4-6-17(14)18)19(23)12-15-8-10-16(21)11-9-15/h4-11,14H,12-13H2,1-3H3. The summed E-state index contributed by atoms with van der Waals surface area (Å²) in [7, 11) is 0. The van der Waals surface area contributed by atoms with Crippen LogP contribution in [0.2, 0.25) is 0 Å². The highest BCUT2D eigenvalue weighted by Gasteiger charge is 2.39. The van der Waals surface area contributed by atoms with Crippen molar-refractivity contribution in [1.82, 2.24) is 0 Å². The molecule has 0 spiro atoms. The van der Waals surface area contributed by atoms with Crippen molar-refractivity contribution in [2.75, 3.05) is 4.90 Å². The van der Waals surface area contributed by atoms with Crippen LogP contribution in [0.5, 0.6) is 0 Å². The summed E-state index contributed by atoms with van der Waals surface area (Å²) in [6, 6.07) is 14.3. The first-order valence-corrected chi connectivity index (χ1v) is 8.05. The summed E-state index contributed by atoms with van der Waals surface area (Å²) in [6.45, 7) is 6.44. The van der Waals surface area contributed by atoms with Gasteiger partial charge in [0.1, 0.15) is 5.82 Å². The number of anilines is 1. The van der Waals surface area contributed by atoms with Crippen molar-refractivity contribution in [3.63, 3.8) is 0 Å². The van der Waals surface area contributed by atoms with Crippen molar-refractivity contribution in [1.29, 1.82) is 0 Å². The molecule has 2 aromatic rings. The molecule has 0 radical (unpaired) electrons. The molecule has 3 heteroatoms. The van der Waals surface area contributed by atoms with Crippen molar-refractivity contribution < 1.29 is 9.18 Å². The molecule has 0 fully saturated rings. The summed E-state index contributed by atoms with van der Waals surface area (Å²) in [5, 5.41) is 0. The molecule has 2 aromatic carbocycles. The Bertz CT molecular complexity index is 721. The number of fused-ring (bicyclic) bond motifs is 1. The molecule has 0 saturated carbocycles. The molecule has 1 unspecified atom stereocenters. The third-order valence-electron chi connectivity index (χ3n) is 4.64. The second kappa shape index (κ2) is 5.80. The van der Waals surface area contributed by atoms with Crippen LogP contribution < -0.4 is 4.90 Å². The second-order valence-corrected chi connectivity index (χ2v) is 7.01. The maximum atomic E-state index is 13.0. The normalized spacial score (nSPS) is 19.3. The Morgan fingerprint density at radius 3 is 2.52 bits per heavy atom. The van der Waals surface area contributed by atoms with E-state index < -0.39 is 0 Å². The molecule has 23 heavy (non-hydrogen) atoms. The largest absolute Gasteiger partial charge is 0.306 e. The van der Waals surface area contributed by atoms with Gasteiger partial charge in [-0.2, -0.15) is 0 Å². The molecular formula is C20H22FNO. The lowest BCUT2D eigenvalue weighted by atomic mass is 9.80. The average Bonchev–Trinajstić information content (AvgIpc) is 2.49. The maximum absolute atomic E-state index is 13.0. The van der Waals surface area contributed by atoms with Gasteiger partial charge in [-0.3, -0.25) is 4.79 Å². The summed E-state index contributed by atoms with van der Waals surface area (Å²) >= 11 is 0. The Morgan fingerprint density at radius 2 is 1.83 bits per heavy atom. The van der Waals surface area contributed by atoms with Gasteiger partial charge in [0.05, 0.1) is 6.42 Å². The van der Waals surface area contributed by atoms with Crippen LogP contribution in [0.4, 0.5) is 10.1 Å². The topological polar surface area (TPSA) is 20.3 Å². The first kappa shape index (κ1) is 15.7. The Hall–Kier alpha value is -2.16. The molecule has 0 aromatic heterocycles. The molecule has 1 amide bonds. The first-order valence-electron chi connectivity index (χ1n) is 8.05. The number of carbonyl (C=O) groups is 1. The molecule has 1 heterocycles. The summed E-state index contributed by atoms with van der Waals surface area (Å²) in [6.07, 6.45) is 1.21. The summed E-state index contributed by atoms with van der Waals surface area (Å²) in [4.78, 5) is 14.9. The predicted octanol–water partition coefficient (Wildman–Crippen LogP) is 4.69. The third-order valence-corrected chi connectivity index (χ3v) is 4.64. The Balaban J connectivity index is 1.94. The van der Waals surface area contributed by atoms with Gasteiger partial charge in [-0.25, -0.2) is 4.39 Å². The van der Waals surface area contributed by atoms with E-state index in [0.29, 0.717) is 5.92 Å². The van der Waals surface area contributed by atoms with Gasteiger partial charge in [-0.15, -0.1) is 0 Å². The van der Waals surface area contributed by atoms with Crippen LogP contribution in [0.3, 0.4) is 0 Å². The Morgan fingerprint density at radius 1 is 1.17 bits per heavy atom. The Kier molecular flexibility index (Phi) is 3.97. The number of carbonyl (C=O) groups excluding carboxylic acids is 1. The molecule has 1 aliphatic rings. The number of nitrogens with zero attached hydrogens (tertiary/aromatic N) is 1. The van der Waals surface area contributed by atoms with Crippen LogP contribution in [0.25, 0.3) is 0 Å². The van der Waals surface area contributed by atoms with Gasteiger partial charge in [-0.1, -0.05) is 37.3 Å². The minimum Gasteiger partial charge on any atom is -0.306 e. The van der Waals surface area contributed by atoms with Crippen molar-refractivity contribution >= 4 is 11.6 Å². The van der Waals surface area contributed by atoms with Crippen LogP contribution in [0.1, 0.15) is 44.2 Å². The fraction of sp³-hybridized carbons (Fsp3) is 0.350. The van der Waals surface area contributed by atoms with E-state index in [4.69, 9.17) is 0 Å².